The van der Waals surface area contributed by atoms with Crippen LogP contribution in [0.3, 0.4) is 0 Å². The van der Waals surface area contributed by atoms with E-state index >= 15 is 0 Å². The average molecular weight is 259 g/mol. The van der Waals surface area contributed by atoms with Crippen LogP contribution in [0.15, 0.2) is 18.6 Å². The van der Waals surface area contributed by atoms with E-state index in [0.29, 0.717) is 12.8 Å². The number of rotatable bonds is 2. The number of Topliss-reactive ketones (excluding diaryl/α,β-unsaturated/α-hetero) is 1. The number of hydrogen-bond acceptors (Lipinski definition) is 5. The number of nitrogens with one attached hydrogen (secondary N) is 1. The Hall–Kier alpha value is -1.95. The second-order valence-electron chi connectivity index (χ2n) is 5.14. The number of aromatic amines is 1. The molecule has 1 aliphatic rings. The molecule has 6 nitrogen and oxygen atoms in total. The minimum absolute atomic E-state index is 0.0710. The van der Waals surface area contributed by atoms with Gasteiger partial charge in [-0.2, -0.15) is 0 Å². The van der Waals surface area contributed by atoms with Crippen molar-refractivity contribution in [1.29, 1.82) is 0 Å². The Balaban J connectivity index is 1.86. The number of aromatic nitrogens is 3. The smallest absolute Gasteiger partial charge is 0.149 e. The quantitative estimate of drug-likeness (QED) is 0.834. The maximum atomic E-state index is 11.6. The average Bonchev–Trinajstić information content (AvgIpc) is 2.87. The first-order valence-corrected chi connectivity index (χ1v) is 6.43. The Morgan fingerprint density at radius 1 is 1.42 bits per heavy atom. The third kappa shape index (κ3) is 1.98. The van der Waals surface area contributed by atoms with E-state index in [0.717, 1.165) is 29.9 Å². The fourth-order valence-electron chi connectivity index (χ4n) is 2.58. The predicted molar refractivity (Wildman–Crippen MR) is 72.9 cm³/mol. The number of ketones is 1. The van der Waals surface area contributed by atoms with Crippen LogP contribution in [0.5, 0.6) is 0 Å². The molecule has 2 aromatic heterocycles. The van der Waals surface area contributed by atoms with Crippen molar-refractivity contribution in [2.75, 3.05) is 18.0 Å². The third-order valence-electron chi connectivity index (χ3n) is 3.99. The van der Waals surface area contributed by atoms with Crippen LogP contribution in [0.1, 0.15) is 19.8 Å². The number of H-pyrrole nitrogens is 1. The van der Waals surface area contributed by atoms with Gasteiger partial charge in [0, 0.05) is 19.3 Å². The number of piperidine rings is 1. The van der Waals surface area contributed by atoms with Crippen LogP contribution in [0.25, 0.3) is 11.0 Å². The van der Waals surface area contributed by atoms with E-state index in [4.69, 9.17) is 5.73 Å². The molecule has 2 aromatic rings. The van der Waals surface area contributed by atoms with Crippen molar-refractivity contribution in [3.63, 3.8) is 0 Å². The maximum Gasteiger partial charge on any atom is 0.149 e. The highest BCUT2D eigenvalue weighted by molar-refractivity contribution is 5.88. The van der Waals surface area contributed by atoms with Crippen molar-refractivity contribution < 1.29 is 4.79 Å². The van der Waals surface area contributed by atoms with Crippen LogP contribution in [0.2, 0.25) is 0 Å². The molecular weight excluding hydrogens is 242 g/mol. The first kappa shape index (κ1) is 12.1. The summed E-state index contributed by atoms with van der Waals surface area (Å²) in [5.74, 6) is 0.985. The highest BCUT2D eigenvalue weighted by Gasteiger charge is 2.35. The third-order valence-corrected chi connectivity index (χ3v) is 3.99. The van der Waals surface area contributed by atoms with E-state index in [1.54, 1.807) is 13.3 Å². The second kappa shape index (κ2) is 4.31. The van der Waals surface area contributed by atoms with Gasteiger partial charge in [-0.25, -0.2) is 9.97 Å². The van der Waals surface area contributed by atoms with Gasteiger partial charge in [0.1, 0.15) is 23.6 Å². The summed E-state index contributed by atoms with van der Waals surface area (Å²) in [6, 6.07) is 1.97. The predicted octanol–water partition coefficient (Wildman–Crippen LogP) is 0.845. The SMILES string of the molecule is CC(=O)C1(N)CCN(c2ncnc3[nH]ccc23)CC1. The normalized spacial score (nSPS) is 18.7. The van der Waals surface area contributed by atoms with Gasteiger partial charge in [-0.15, -0.1) is 0 Å². The van der Waals surface area contributed by atoms with Crippen molar-refractivity contribution in [2.45, 2.75) is 25.3 Å². The second-order valence-corrected chi connectivity index (χ2v) is 5.14. The lowest BCUT2D eigenvalue weighted by molar-refractivity contribution is -0.122. The summed E-state index contributed by atoms with van der Waals surface area (Å²) >= 11 is 0. The largest absolute Gasteiger partial charge is 0.356 e. The van der Waals surface area contributed by atoms with E-state index in [1.165, 1.54) is 0 Å². The van der Waals surface area contributed by atoms with Crippen LogP contribution in [0.4, 0.5) is 5.82 Å². The van der Waals surface area contributed by atoms with Gasteiger partial charge in [0.2, 0.25) is 0 Å². The Morgan fingerprint density at radius 2 is 2.16 bits per heavy atom. The van der Waals surface area contributed by atoms with Gasteiger partial charge in [-0.1, -0.05) is 0 Å². The zero-order valence-electron chi connectivity index (χ0n) is 10.9. The zero-order valence-corrected chi connectivity index (χ0v) is 10.9. The van der Waals surface area contributed by atoms with Crippen molar-refractivity contribution in [3.8, 4) is 0 Å². The van der Waals surface area contributed by atoms with E-state index in [1.807, 2.05) is 12.3 Å². The standard InChI is InChI=1S/C13H17N5O/c1-9(19)13(14)3-6-18(7-4-13)12-10-2-5-15-11(10)16-8-17-12/h2,5,8H,3-4,6-7,14H2,1H3,(H,15,16,17). The Kier molecular flexibility index (Phi) is 2.74. The lowest BCUT2D eigenvalue weighted by Crippen LogP contribution is -2.55. The van der Waals surface area contributed by atoms with Crippen LogP contribution < -0.4 is 10.6 Å². The topological polar surface area (TPSA) is 87.9 Å². The first-order valence-electron chi connectivity index (χ1n) is 6.43. The molecule has 0 saturated carbocycles. The maximum absolute atomic E-state index is 11.6. The van der Waals surface area contributed by atoms with Crippen LogP contribution in [0, 0.1) is 0 Å². The Morgan fingerprint density at radius 3 is 2.84 bits per heavy atom. The fraction of sp³-hybridized carbons (Fsp3) is 0.462. The van der Waals surface area contributed by atoms with Gasteiger partial charge >= 0.3 is 0 Å². The summed E-state index contributed by atoms with van der Waals surface area (Å²) in [6.07, 6.45) is 4.75. The molecule has 6 heteroatoms. The first-order chi connectivity index (χ1) is 9.10. The fourth-order valence-corrected chi connectivity index (χ4v) is 2.58. The number of nitrogens with zero attached hydrogens (tertiary/aromatic N) is 3. The van der Waals surface area contributed by atoms with Gasteiger partial charge in [0.15, 0.2) is 0 Å². The molecule has 0 aliphatic carbocycles. The molecule has 0 amide bonds. The van der Waals surface area contributed by atoms with Crippen molar-refractivity contribution in [2.24, 2.45) is 5.73 Å². The lowest BCUT2D eigenvalue weighted by Gasteiger charge is -2.38. The van der Waals surface area contributed by atoms with Crippen molar-refractivity contribution in [3.05, 3.63) is 18.6 Å². The molecule has 0 radical (unpaired) electrons. The molecule has 19 heavy (non-hydrogen) atoms. The number of hydrogen-bond donors (Lipinski definition) is 2. The summed E-state index contributed by atoms with van der Waals surface area (Å²) in [6.45, 7) is 3.06. The summed E-state index contributed by atoms with van der Waals surface area (Å²) in [7, 11) is 0. The molecule has 0 spiro atoms. The molecule has 1 saturated heterocycles. The van der Waals surface area contributed by atoms with Crippen LogP contribution in [-0.4, -0.2) is 39.4 Å². The monoisotopic (exact) mass is 259 g/mol. The highest BCUT2D eigenvalue weighted by Crippen LogP contribution is 2.28. The van der Waals surface area contributed by atoms with Gasteiger partial charge < -0.3 is 15.6 Å². The van der Waals surface area contributed by atoms with Crippen LogP contribution >= 0.6 is 0 Å². The van der Waals surface area contributed by atoms with Gasteiger partial charge in [0.05, 0.1) is 10.9 Å². The summed E-state index contributed by atoms with van der Waals surface area (Å²) in [5, 5.41) is 1.01. The van der Waals surface area contributed by atoms with Gasteiger partial charge in [-0.05, 0) is 25.8 Å². The molecule has 0 atom stereocenters. The molecule has 100 valence electrons. The Bertz CT molecular complexity index is 612. The molecule has 3 rings (SSSR count). The molecule has 3 heterocycles. The number of anilines is 1. The van der Waals surface area contributed by atoms with E-state index in [-0.39, 0.29) is 5.78 Å². The summed E-state index contributed by atoms with van der Waals surface area (Å²) < 4.78 is 0. The van der Waals surface area contributed by atoms with Crippen molar-refractivity contribution >= 4 is 22.6 Å². The molecule has 0 unspecified atom stereocenters. The number of carbonyl (C=O) groups excluding carboxylic acids is 1. The summed E-state index contributed by atoms with van der Waals surface area (Å²) in [5.41, 5.74) is 6.29. The van der Waals surface area contributed by atoms with E-state index in [9.17, 15) is 4.79 Å². The van der Waals surface area contributed by atoms with E-state index in [2.05, 4.69) is 19.9 Å². The zero-order chi connectivity index (χ0) is 13.5. The minimum atomic E-state index is -0.666. The molecule has 1 aliphatic heterocycles. The lowest BCUT2D eigenvalue weighted by atomic mass is 9.85. The van der Waals surface area contributed by atoms with Crippen LogP contribution in [-0.2, 0) is 4.79 Å². The Labute approximate surface area is 111 Å². The molecular formula is C13H17N5O. The number of fused-ring (bicyclic) bond motifs is 1. The van der Waals surface area contributed by atoms with Gasteiger partial charge in [0.25, 0.3) is 0 Å². The molecule has 0 aromatic carbocycles. The minimum Gasteiger partial charge on any atom is -0.356 e. The molecule has 3 N–H and O–H groups in total. The van der Waals surface area contributed by atoms with Gasteiger partial charge in [-0.3, -0.25) is 4.79 Å². The van der Waals surface area contributed by atoms with E-state index < -0.39 is 5.54 Å². The van der Waals surface area contributed by atoms with Crippen molar-refractivity contribution in [1.82, 2.24) is 15.0 Å². The molecule has 1 fully saturated rings. The highest BCUT2D eigenvalue weighted by atomic mass is 16.1. The number of nitrogens with two attached hydrogens (primary N) is 1. The summed E-state index contributed by atoms with van der Waals surface area (Å²) in [4.78, 5) is 25.4. The number of carbonyl (C=O) groups is 1. The molecule has 0 bridgehead atoms.